The third-order valence-electron chi connectivity index (χ3n) is 5.97. The summed E-state index contributed by atoms with van der Waals surface area (Å²) in [5, 5.41) is 14.4. The Bertz CT molecular complexity index is 1440. The van der Waals surface area contributed by atoms with E-state index in [9.17, 15) is 19.7 Å². The first-order valence-electron chi connectivity index (χ1n) is 11.9. The van der Waals surface area contributed by atoms with Crippen LogP contribution >= 0.6 is 0 Å². The molecule has 39 heavy (non-hydrogen) atoms. The number of hydrogen-bond acceptors (Lipinski definition) is 10. The first-order chi connectivity index (χ1) is 18.4. The Morgan fingerprint density at radius 3 is 2.62 bits per heavy atom. The molecule has 0 spiro atoms. The third kappa shape index (κ3) is 5.57. The highest BCUT2D eigenvalue weighted by Crippen LogP contribution is 2.42. The molecule has 0 aliphatic carbocycles. The quantitative estimate of drug-likeness (QED) is 0.336. The number of nitrogens with zero attached hydrogens (tertiary/aromatic N) is 6. The SMILES string of the molecule is COc1cc(N(C)C(=O)CN(C)C)ccc1Nc1ncc2c(n1)N(c1cccc([N+](=O)[O-])c1)C(=O)C(C)(C)O2. The van der Waals surface area contributed by atoms with E-state index in [1.807, 2.05) is 14.1 Å². The minimum Gasteiger partial charge on any atom is -0.494 e. The third-order valence-corrected chi connectivity index (χ3v) is 5.97. The highest BCUT2D eigenvalue weighted by atomic mass is 16.6. The molecule has 0 bridgehead atoms. The van der Waals surface area contributed by atoms with Crippen LogP contribution < -0.4 is 24.6 Å². The fraction of sp³-hybridized carbons (Fsp3) is 0.308. The van der Waals surface area contributed by atoms with Crippen LogP contribution in [0, 0.1) is 10.1 Å². The van der Waals surface area contributed by atoms with Crippen LogP contribution in [0.15, 0.2) is 48.7 Å². The molecule has 204 valence electrons. The van der Waals surface area contributed by atoms with Crippen molar-refractivity contribution in [2.75, 3.05) is 49.9 Å². The second-order valence-electron chi connectivity index (χ2n) is 9.61. The number of hydrogen-bond donors (Lipinski definition) is 1. The van der Waals surface area contributed by atoms with Crippen molar-refractivity contribution >= 4 is 46.3 Å². The van der Waals surface area contributed by atoms with Crippen molar-refractivity contribution in [1.82, 2.24) is 14.9 Å². The Labute approximate surface area is 225 Å². The molecule has 0 radical (unpaired) electrons. The van der Waals surface area contributed by atoms with Crippen LogP contribution in [0.1, 0.15) is 13.8 Å². The standard InChI is InChI=1S/C26H29N7O6/c1-26(2)24(35)32(17-8-7-9-18(12-17)33(36)37)23-21(39-26)14-27-25(29-23)28-19-11-10-16(13-20(19)38-6)31(5)22(34)15-30(3)4/h7-14H,15H2,1-6H3,(H,27,28,29). The maximum Gasteiger partial charge on any atom is 0.276 e. The first-order valence-corrected chi connectivity index (χ1v) is 11.9. The minimum atomic E-state index is -1.26. The molecule has 1 N–H and O–H groups in total. The van der Waals surface area contributed by atoms with Crippen molar-refractivity contribution in [2.45, 2.75) is 19.4 Å². The average Bonchev–Trinajstić information content (AvgIpc) is 2.89. The molecule has 2 heterocycles. The lowest BCUT2D eigenvalue weighted by molar-refractivity contribution is -0.384. The van der Waals surface area contributed by atoms with Gasteiger partial charge in [-0.2, -0.15) is 4.98 Å². The van der Waals surface area contributed by atoms with Gasteiger partial charge < -0.3 is 24.6 Å². The predicted molar refractivity (Wildman–Crippen MR) is 145 cm³/mol. The number of aromatic nitrogens is 2. The number of methoxy groups -OCH3 is 1. The van der Waals surface area contributed by atoms with Gasteiger partial charge in [0, 0.05) is 30.9 Å². The van der Waals surface area contributed by atoms with Crippen LogP contribution in [-0.4, -0.2) is 72.0 Å². The molecule has 0 atom stereocenters. The van der Waals surface area contributed by atoms with Gasteiger partial charge in [-0.05, 0) is 46.1 Å². The molecular weight excluding hydrogens is 506 g/mol. The molecule has 3 aromatic rings. The lowest BCUT2D eigenvalue weighted by Crippen LogP contribution is -2.51. The number of carbonyl (C=O) groups excluding carboxylic acids is 2. The number of likely N-dealkylation sites (N-methyl/N-ethyl adjacent to an activating group) is 2. The minimum absolute atomic E-state index is 0.0883. The van der Waals surface area contributed by atoms with Gasteiger partial charge in [0.15, 0.2) is 17.2 Å². The largest absolute Gasteiger partial charge is 0.494 e. The van der Waals surface area contributed by atoms with Crippen molar-refractivity contribution in [3.05, 3.63) is 58.8 Å². The lowest BCUT2D eigenvalue weighted by Gasteiger charge is -2.37. The zero-order valence-corrected chi connectivity index (χ0v) is 22.5. The van der Waals surface area contributed by atoms with E-state index in [1.165, 1.54) is 41.3 Å². The van der Waals surface area contributed by atoms with Crippen molar-refractivity contribution in [1.29, 1.82) is 0 Å². The van der Waals surface area contributed by atoms with Crippen molar-refractivity contribution in [3.8, 4) is 11.5 Å². The van der Waals surface area contributed by atoms with Gasteiger partial charge in [0.05, 0.1) is 36.1 Å². The molecule has 1 aliphatic rings. The number of carbonyl (C=O) groups is 2. The van der Waals surface area contributed by atoms with E-state index in [4.69, 9.17) is 9.47 Å². The number of ether oxygens (including phenoxy) is 2. The molecule has 0 saturated carbocycles. The van der Waals surface area contributed by atoms with Crippen molar-refractivity contribution < 1.29 is 24.0 Å². The van der Waals surface area contributed by atoms with Crippen LogP contribution in [0.5, 0.6) is 11.5 Å². The Morgan fingerprint density at radius 2 is 1.95 bits per heavy atom. The number of rotatable bonds is 8. The van der Waals surface area contributed by atoms with Crippen LogP contribution in [0.25, 0.3) is 0 Å². The second kappa shape index (κ2) is 10.5. The molecule has 1 aromatic heterocycles. The van der Waals surface area contributed by atoms with Gasteiger partial charge in [0.25, 0.3) is 11.6 Å². The van der Waals surface area contributed by atoms with Crippen LogP contribution in [0.3, 0.4) is 0 Å². The normalized spacial score (nSPS) is 13.9. The number of anilines is 5. The highest BCUT2D eigenvalue weighted by molar-refractivity contribution is 6.07. The Kier molecular flexibility index (Phi) is 7.36. The van der Waals surface area contributed by atoms with Crippen LogP contribution in [0.4, 0.5) is 34.5 Å². The zero-order valence-electron chi connectivity index (χ0n) is 22.5. The van der Waals surface area contributed by atoms with E-state index in [-0.39, 0.29) is 41.3 Å². The van der Waals surface area contributed by atoms with E-state index < -0.39 is 16.4 Å². The summed E-state index contributed by atoms with van der Waals surface area (Å²) in [6.45, 7) is 3.45. The van der Waals surface area contributed by atoms with Gasteiger partial charge in [-0.3, -0.25) is 24.6 Å². The van der Waals surface area contributed by atoms with Crippen molar-refractivity contribution in [2.24, 2.45) is 0 Å². The number of non-ortho nitro benzene ring substituents is 1. The van der Waals surface area contributed by atoms with Crippen LogP contribution in [0.2, 0.25) is 0 Å². The summed E-state index contributed by atoms with van der Waals surface area (Å²) in [6.07, 6.45) is 1.43. The lowest BCUT2D eigenvalue weighted by atomic mass is 10.0. The summed E-state index contributed by atoms with van der Waals surface area (Å²) in [5.74, 6) is 0.384. The number of nitrogens with one attached hydrogen (secondary N) is 1. The van der Waals surface area contributed by atoms with E-state index in [1.54, 1.807) is 50.1 Å². The molecule has 4 rings (SSSR count). The van der Waals surface area contributed by atoms with Gasteiger partial charge >= 0.3 is 0 Å². The molecule has 2 aromatic carbocycles. The fourth-order valence-corrected chi connectivity index (χ4v) is 3.96. The molecule has 0 saturated heterocycles. The van der Waals surface area contributed by atoms with E-state index in [0.717, 1.165) is 0 Å². The topological polar surface area (TPSA) is 143 Å². The van der Waals surface area contributed by atoms with E-state index in [0.29, 0.717) is 17.1 Å². The predicted octanol–water partition coefficient (Wildman–Crippen LogP) is 3.50. The number of amides is 2. The average molecular weight is 536 g/mol. The summed E-state index contributed by atoms with van der Waals surface area (Å²) >= 11 is 0. The highest BCUT2D eigenvalue weighted by Gasteiger charge is 2.43. The summed E-state index contributed by atoms with van der Waals surface area (Å²) in [5.41, 5.74) is -0.0137. The second-order valence-corrected chi connectivity index (χ2v) is 9.61. The van der Waals surface area contributed by atoms with Gasteiger partial charge in [0.2, 0.25) is 11.9 Å². The summed E-state index contributed by atoms with van der Waals surface area (Å²) in [4.78, 5) is 50.1. The maximum atomic E-state index is 13.4. The maximum absolute atomic E-state index is 13.4. The zero-order chi connectivity index (χ0) is 28.5. The summed E-state index contributed by atoms with van der Waals surface area (Å²) in [6, 6.07) is 10.9. The van der Waals surface area contributed by atoms with Gasteiger partial charge in [-0.1, -0.05) is 6.07 Å². The Balaban J connectivity index is 1.69. The molecule has 13 heteroatoms. The first kappa shape index (κ1) is 27.3. The molecular formula is C26H29N7O6. The fourth-order valence-electron chi connectivity index (χ4n) is 3.96. The number of fused-ring (bicyclic) bond motifs is 1. The number of nitro benzene ring substituents is 1. The monoisotopic (exact) mass is 535 g/mol. The number of nitro groups is 1. The van der Waals surface area contributed by atoms with Crippen molar-refractivity contribution in [3.63, 3.8) is 0 Å². The Morgan fingerprint density at radius 1 is 1.21 bits per heavy atom. The molecule has 1 aliphatic heterocycles. The van der Waals surface area contributed by atoms with Gasteiger partial charge in [-0.15, -0.1) is 0 Å². The van der Waals surface area contributed by atoms with Gasteiger partial charge in [-0.25, -0.2) is 4.98 Å². The van der Waals surface area contributed by atoms with E-state index >= 15 is 0 Å². The van der Waals surface area contributed by atoms with Gasteiger partial charge in [0.1, 0.15) is 5.75 Å². The molecule has 0 fully saturated rings. The smallest absolute Gasteiger partial charge is 0.276 e. The molecule has 13 nitrogen and oxygen atoms in total. The van der Waals surface area contributed by atoms with E-state index in [2.05, 4.69) is 15.3 Å². The number of benzene rings is 2. The molecule has 0 unspecified atom stereocenters. The Hall–Kier alpha value is -4.78. The summed E-state index contributed by atoms with van der Waals surface area (Å²) in [7, 11) is 6.81. The molecule has 2 amide bonds. The summed E-state index contributed by atoms with van der Waals surface area (Å²) < 4.78 is 11.4. The van der Waals surface area contributed by atoms with Crippen LogP contribution in [-0.2, 0) is 9.59 Å².